The van der Waals surface area contributed by atoms with Crippen molar-refractivity contribution in [2.24, 2.45) is 10.8 Å². The van der Waals surface area contributed by atoms with E-state index in [9.17, 15) is 0 Å². The molecule has 19 heavy (non-hydrogen) atoms. The molecule has 0 aliphatic heterocycles. The highest BCUT2D eigenvalue weighted by Crippen LogP contribution is 2.34. The van der Waals surface area contributed by atoms with Gasteiger partial charge in [-0.3, -0.25) is 10.8 Å². The van der Waals surface area contributed by atoms with Crippen LogP contribution >= 0.6 is 11.6 Å². The van der Waals surface area contributed by atoms with E-state index in [-0.39, 0.29) is 22.0 Å². The van der Waals surface area contributed by atoms with Crippen LogP contribution < -0.4 is 15.9 Å². The monoisotopic (exact) mass is 276 g/mol. The third-order valence-corrected chi connectivity index (χ3v) is 2.46. The standard InChI is InChI=1S/C11H9ClN6O/c1-19-8-3-2-6(4-13)10(9(8)12)18-17-7(5-14)11(15)16/h2-3,18H,1H3,(H3,15,16)/b17-7+. The van der Waals surface area contributed by atoms with Crippen molar-refractivity contribution < 1.29 is 4.74 Å². The van der Waals surface area contributed by atoms with Crippen LogP contribution in [0.15, 0.2) is 17.2 Å². The van der Waals surface area contributed by atoms with E-state index in [1.807, 2.05) is 6.07 Å². The summed E-state index contributed by atoms with van der Waals surface area (Å²) in [5.74, 6) is -0.146. The van der Waals surface area contributed by atoms with Gasteiger partial charge < -0.3 is 10.5 Å². The number of ether oxygens (including phenoxy) is 1. The fourth-order valence-electron chi connectivity index (χ4n) is 1.17. The molecule has 0 unspecified atom stereocenters. The quantitative estimate of drug-likeness (QED) is 0.435. The summed E-state index contributed by atoms with van der Waals surface area (Å²) >= 11 is 6.02. The molecule has 4 N–H and O–H groups in total. The number of nitrogens with two attached hydrogens (primary N) is 1. The molecule has 8 heteroatoms. The first kappa shape index (κ1) is 14.3. The molecule has 0 saturated heterocycles. The second kappa shape index (κ2) is 6.24. The maximum absolute atomic E-state index is 8.97. The molecule has 0 aliphatic rings. The van der Waals surface area contributed by atoms with Crippen molar-refractivity contribution in [3.8, 4) is 17.9 Å². The van der Waals surface area contributed by atoms with Crippen molar-refractivity contribution in [2.45, 2.75) is 0 Å². The van der Waals surface area contributed by atoms with Gasteiger partial charge in [0, 0.05) is 0 Å². The topological polar surface area (TPSA) is 131 Å². The Labute approximate surface area is 114 Å². The number of halogens is 1. The van der Waals surface area contributed by atoms with Crippen LogP contribution in [-0.2, 0) is 0 Å². The highest BCUT2D eigenvalue weighted by atomic mass is 35.5. The molecule has 0 amide bonds. The number of nitrogens with one attached hydrogen (secondary N) is 2. The molecule has 0 radical (unpaired) electrons. The maximum atomic E-state index is 8.97. The van der Waals surface area contributed by atoms with Crippen LogP contribution in [0, 0.1) is 28.1 Å². The lowest BCUT2D eigenvalue weighted by Crippen LogP contribution is -2.22. The molecular formula is C11H9ClN6O. The van der Waals surface area contributed by atoms with Crippen LogP contribution in [-0.4, -0.2) is 18.7 Å². The third kappa shape index (κ3) is 3.12. The molecule has 0 heterocycles. The van der Waals surface area contributed by atoms with E-state index >= 15 is 0 Å². The van der Waals surface area contributed by atoms with Crippen LogP contribution in [0.25, 0.3) is 0 Å². The minimum atomic E-state index is -0.493. The Morgan fingerprint density at radius 2 is 2.21 bits per heavy atom. The van der Waals surface area contributed by atoms with E-state index in [0.717, 1.165) is 0 Å². The van der Waals surface area contributed by atoms with Crippen LogP contribution in [0.4, 0.5) is 5.69 Å². The smallest absolute Gasteiger partial charge is 0.201 e. The first-order valence-electron chi connectivity index (χ1n) is 4.90. The molecule has 0 bridgehead atoms. The number of amidine groups is 1. The highest BCUT2D eigenvalue weighted by molar-refractivity contribution is 6.46. The zero-order chi connectivity index (χ0) is 14.4. The predicted molar refractivity (Wildman–Crippen MR) is 71.3 cm³/mol. The average molecular weight is 277 g/mol. The molecule has 0 fully saturated rings. The Kier molecular flexibility index (Phi) is 4.69. The van der Waals surface area contributed by atoms with Gasteiger partial charge in [-0.1, -0.05) is 11.6 Å². The molecule has 7 nitrogen and oxygen atoms in total. The van der Waals surface area contributed by atoms with Crippen LogP contribution in [0.2, 0.25) is 5.02 Å². The molecule has 0 atom stereocenters. The molecule has 0 aliphatic carbocycles. The van der Waals surface area contributed by atoms with Crippen molar-refractivity contribution in [1.82, 2.24) is 0 Å². The van der Waals surface area contributed by atoms with Crippen molar-refractivity contribution in [2.75, 3.05) is 12.5 Å². The number of nitriles is 2. The Morgan fingerprint density at radius 1 is 1.53 bits per heavy atom. The number of rotatable bonds is 4. The van der Waals surface area contributed by atoms with Gasteiger partial charge in [0.25, 0.3) is 0 Å². The summed E-state index contributed by atoms with van der Waals surface area (Å²) in [6.45, 7) is 0. The number of nitrogens with zero attached hydrogens (tertiary/aromatic N) is 3. The maximum Gasteiger partial charge on any atom is 0.201 e. The largest absolute Gasteiger partial charge is 0.495 e. The van der Waals surface area contributed by atoms with Gasteiger partial charge in [0.2, 0.25) is 5.71 Å². The summed E-state index contributed by atoms with van der Waals surface area (Å²) in [5, 5.41) is 28.6. The molecule has 96 valence electrons. The second-order valence-electron chi connectivity index (χ2n) is 3.21. The molecule has 0 aromatic heterocycles. The van der Waals surface area contributed by atoms with E-state index < -0.39 is 5.84 Å². The first-order chi connectivity index (χ1) is 9.04. The van der Waals surface area contributed by atoms with Crippen molar-refractivity contribution in [3.05, 3.63) is 22.7 Å². The number of benzene rings is 1. The van der Waals surface area contributed by atoms with Gasteiger partial charge in [-0.05, 0) is 12.1 Å². The summed E-state index contributed by atoms with van der Waals surface area (Å²) in [7, 11) is 1.43. The van der Waals surface area contributed by atoms with Crippen molar-refractivity contribution >= 4 is 28.8 Å². The van der Waals surface area contributed by atoms with Crippen molar-refractivity contribution in [1.29, 1.82) is 15.9 Å². The number of hydrogen-bond donors (Lipinski definition) is 3. The van der Waals surface area contributed by atoms with Gasteiger partial charge in [0.15, 0.2) is 5.84 Å². The number of hydrazone groups is 1. The summed E-state index contributed by atoms with van der Waals surface area (Å²) in [4.78, 5) is 0. The Balaban J connectivity index is 3.24. The second-order valence-corrected chi connectivity index (χ2v) is 3.59. The molecule has 0 saturated carbocycles. The van der Waals surface area contributed by atoms with Gasteiger partial charge >= 0.3 is 0 Å². The SMILES string of the molecule is COc1ccc(C#N)c(N/N=C(\C#N)C(=N)N)c1Cl. The summed E-state index contributed by atoms with van der Waals surface area (Å²) in [5.41, 5.74) is 7.67. The number of hydrogen-bond acceptors (Lipinski definition) is 6. The van der Waals surface area contributed by atoms with E-state index in [0.29, 0.717) is 5.75 Å². The number of methoxy groups -OCH3 is 1. The van der Waals surface area contributed by atoms with Crippen LogP contribution in [0.3, 0.4) is 0 Å². The third-order valence-electron chi connectivity index (χ3n) is 2.09. The zero-order valence-corrected chi connectivity index (χ0v) is 10.6. The molecule has 0 spiro atoms. The van der Waals surface area contributed by atoms with E-state index in [1.165, 1.54) is 19.2 Å². The Morgan fingerprint density at radius 3 is 2.68 bits per heavy atom. The van der Waals surface area contributed by atoms with Gasteiger partial charge in [0.1, 0.15) is 22.9 Å². The normalized spacial score (nSPS) is 10.2. The summed E-state index contributed by atoms with van der Waals surface area (Å²) in [6, 6.07) is 6.58. The first-order valence-corrected chi connectivity index (χ1v) is 5.27. The lowest BCUT2D eigenvalue weighted by molar-refractivity contribution is 0.415. The van der Waals surface area contributed by atoms with E-state index in [4.69, 9.17) is 38.0 Å². The zero-order valence-electron chi connectivity index (χ0n) is 9.86. The fraction of sp³-hybridized carbons (Fsp3) is 0.0909. The fourth-order valence-corrected chi connectivity index (χ4v) is 1.46. The lowest BCUT2D eigenvalue weighted by Gasteiger charge is -2.09. The Hall–Kier alpha value is -2.77. The molecule has 1 rings (SSSR count). The van der Waals surface area contributed by atoms with Crippen LogP contribution in [0.5, 0.6) is 5.75 Å². The van der Waals surface area contributed by atoms with E-state index in [1.54, 1.807) is 6.07 Å². The van der Waals surface area contributed by atoms with Gasteiger partial charge in [-0.15, -0.1) is 0 Å². The summed E-state index contributed by atoms with van der Waals surface area (Å²) < 4.78 is 5.00. The van der Waals surface area contributed by atoms with Crippen molar-refractivity contribution in [3.63, 3.8) is 0 Å². The van der Waals surface area contributed by atoms with Gasteiger partial charge in [0.05, 0.1) is 18.4 Å². The molecule has 1 aromatic carbocycles. The molecule has 1 aromatic rings. The van der Waals surface area contributed by atoms with Crippen LogP contribution in [0.1, 0.15) is 5.56 Å². The van der Waals surface area contributed by atoms with E-state index in [2.05, 4.69) is 10.5 Å². The highest BCUT2D eigenvalue weighted by Gasteiger charge is 2.12. The lowest BCUT2D eigenvalue weighted by atomic mass is 10.2. The minimum Gasteiger partial charge on any atom is -0.495 e. The average Bonchev–Trinajstić information content (AvgIpc) is 2.40. The molecular weight excluding hydrogens is 268 g/mol. The number of anilines is 1. The minimum absolute atomic E-state index is 0.145. The summed E-state index contributed by atoms with van der Waals surface area (Å²) in [6.07, 6.45) is 0. The predicted octanol–water partition coefficient (Wildman–Crippen LogP) is 1.45. The van der Waals surface area contributed by atoms with Gasteiger partial charge in [-0.25, -0.2) is 0 Å². The Bertz CT molecular complexity index is 625. The van der Waals surface area contributed by atoms with Gasteiger partial charge in [-0.2, -0.15) is 15.6 Å².